The molecule has 0 aromatic heterocycles. The summed E-state index contributed by atoms with van der Waals surface area (Å²) in [5.41, 5.74) is 2.33. The van der Waals surface area contributed by atoms with Crippen molar-refractivity contribution in [1.82, 2.24) is 0 Å². The molecule has 0 aliphatic rings. The molecule has 0 amide bonds. The van der Waals surface area contributed by atoms with E-state index in [1.54, 1.807) is 7.11 Å². The van der Waals surface area contributed by atoms with Crippen LogP contribution >= 0.6 is 0 Å². The van der Waals surface area contributed by atoms with E-state index in [1.165, 1.54) is 5.56 Å². The maximum absolute atomic E-state index is 5.71. The van der Waals surface area contributed by atoms with E-state index in [0.717, 1.165) is 23.6 Å². The highest BCUT2D eigenvalue weighted by Gasteiger charge is 1.97. The Bertz CT molecular complexity index is 444. The van der Waals surface area contributed by atoms with Gasteiger partial charge in [-0.25, -0.2) is 0 Å². The van der Waals surface area contributed by atoms with E-state index in [0.29, 0.717) is 6.61 Å². The number of ether oxygens (including phenoxy) is 2. The summed E-state index contributed by atoms with van der Waals surface area (Å²) in [7, 11) is 3.58. The third-order valence-electron chi connectivity index (χ3n) is 2.96. The first kappa shape index (κ1) is 13.3. The maximum Gasteiger partial charge on any atom is 0.119 e. The normalized spacial score (nSPS) is 10.0. The zero-order valence-corrected chi connectivity index (χ0v) is 11.3. The van der Waals surface area contributed by atoms with Gasteiger partial charge in [-0.15, -0.1) is 0 Å². The molecule has 0 aliphatic heterocycles. The van der Waals surface area contributed by atoms with Gasteiger partial charge in [-0.3, -0.25) is 0 Å². The summed E-state index contributed by atoms with van der Waals surface area (Å²) >= 11 is 0. The van der Waals surface area contributed by atoms with Crippen LogP contribution in [0.15, 0.2) is 48.5 Å². The van der Waals surface area contributed by atoms with Crippen LogP contribution in [-0.2, 0) is 6.42 Å². The van der Waals surface area contributed by atoms with Crippen LogP contribution in [0.5, 0.6) is 11.5 Å². The monoisotopic (exact) mass is 257 g/mol. The number of rotatable bonds is 6. The average molecular weight is 257 g/mol. The van der Waals surface area contributed by atoms with Gasteiger partial charge in [0.2, 0.25) is 0 Å². The molecule has 0 fully saturated rings. The minimum Gasteiger partial charge on any atom is -0.497 e. The van der Waals surface area contributed by atoms with Gasteiger partial charge >= 0.3 is 0 Å². The molecule has 19 heavy (non-hydrogen) atoms. The summed E-state index contributed by atoms with van der Waals surface area (Å²) in [5, 5.41) is 3.08. The molecule has 0 heterocycles. The number of methoxy groups -OCH3 is 1. The summed E-state index contributed by atoms with van der Waals surface area (Å²) in [4.78, 5) is 0. The van der Waals surface area contributed by atoms with E-state index in [-0.39, 0.29) is 0 Å². The number of hydrogen-bond donors (Lipinski definition) is 1. The molecule has 1 N–H and O–H groups in total. The van der Waals surface area contributed by atoms with Crippen LogP contribution in [0.4, 0.5) is 5.69 Å². The Hall–Kier alpha value is -2.16. The minimum absolute atomic E-state index is 0.672. The Morgan fingerprint density at radius 3 is 2.11 bits per heavy atom. The van der Waals surface area contributed by atoms with Gasteiger partial charge in [0.1, 0.15) is 11.5 Å². The van der Waals surface area contributed by atoms with Crippen molar-refractivity contribution in [3.63, 3.8) is 0 Å². The first-order valence-corrected chi connectivity index (χ1v) is 6.35. The standard InChI is InChI=1S/C16H19NO2/c1-17-14-5-9-16(10-6-14)19-12-11-13-3-7-15(18-2)8-4-13/h3-10,17H,11-12H2,1-2H3. The van der Waals surface area contributed by atoms with Crippen molar-refractivity contribution >= 4 is 5.69 Å². The van der Waals surface area contributed by atoms with Gasteiger partial charge in [-0.05, 0) is 42.0 Å². The van der Waals surface area contributed by atoms with Crippen LogP contribution in [0, 0.1) is 0 Å². The first-order valence-electron chi connectivity index (χ1n) is 6.35. The van der Waals surface area contributed by atoms with Crippen molar-refractivity contribution in [1.29, 1.82) is 0 Å². The van der Waals surface area contributed by atoms with E-state index >= 15 is 0 Å². The molecule has 3 heteroatoms. The average Bonchev–Trinajstić information content (AvgIpc) is 2.49. The molecular formula is C16H19NO2. The summed E-state index contributed by atoms with van der Waals surface area (Å²) < 4.78 is 10.8. The Morgan fingerprint density at radius 1 is 0.895 bits per heavy atom. The number of nitrogens with one attached hydrogen (secondary N) is 1. The van der Waals surface area contributed by atoms with Gasteiger partial charge in [0.25, 0.3) is 0 Å². The maximum atomic E-state index is 5.71. The summed E-state index contributed by atoms with van der Waals surface area (Å²) in [5.74, 6) is 1.78. The van der Waals surface area contributed by atoms with Gasteiger partial charge in [-0.1, -0.05) is 12.1 Å². The van der Waals surface area contributed by atoms with E-state index < -0.39 is 0 Å². The molecule has 0 aliphatic carbocycles. The topological polar surface area (TPSA) is 30.5 Å². The molecule has 0 saturated heterocycles. The lowest BCUT2D eigenvalue weighted by molar-refractivity contribution is 0.322. The second kappa shape index (κ2) is 6.69. The summed E-state index contributed by atoms with van der Waals surface area (Å²) in [6.07, 6.45) is 0.887. The molecule has 0 spiro atoms. The van der Waals surface area contributed by atoms with Gasteiger partial charge in [0, 0.05) is 19.2 Å². The zero-order valence-electron chi connectivity index (χ0n) is 11.3. The molecule has 2 rings (SSSR count). The van der Waals surface area contributed by atoms with Crippen LogP contribution in [-0.4, -0.2) is 20.8 Å². The molecule has 0 atom stereocenters. The number of anilines is 1. The highest BCUT2D eigenvalue weighted by atomic mass is 16.5. The van der Waals surface area contributed by atoms with Crippen LogP contribution in [0.3, 0.4) is 0 Å². The van der Waals surface area contributed by atoms with Crippen molar-refractivity contribution in [3.8, 4) is 11.5 Å². The van der Waals surface area contributed by atoms with Crippen molar-refractivity contribution < 1.29 is 9.47 Å². The van der Waals surface area contributed by atoms with E-state index in [9.17, 15) is 0 Å². The predicted octanol–water partition coefficient (Wildman–Crippen LogP) is 3.36. The van der Waals surface area contributed by atoms with E-state index in [2.05, 4.69) is 17.4 Å². The molecule has 0 saturated carbocycles. The van der Waals surface area contributed by atoms with Crippen LogP contribution in [0.2, 0.25) is 0 Å². The van der Waals surface area contributed by atoms with Crippen LogP contribution in [0.1, 0.15) is 5.56 Å². The zero-order chi connectivity index (χ0) is 13.5. The lowest BCUT2D eigenvalue weighted by Gasteiger charge is -2.07. The quantitative estimate of drug-likeness (QED) is 0.860. The second-order valence-corrected chi connectivity index (χ2v) is 4.22. The summed E-state index contributed by atoms with van der Waals surface area (Å²) in [6, 6.07) is 16.0. The van der Waals surface area contributed by atoms with Gasteiger partial charge in [0.05, 0.1) is 13.7 Å². The van der Waals surface area contributed by atoms with Crippen molar-refractivity contribution in [3.05, 3.63) is 54.1 Å². The fourth-order valence-electron chi connectivity index (χ4n) is 1.80. The van der Waals surface area contributed by atoms with E-state index in [4.69, 9.17) is 9.47 Å². The summed E-state index contributed by atoms with van der Waals surface area (Å²) in [6.45, 7) is 0.672. The lowest BCUT2D eigenvalue weighted by Crippen LogP contribution is -2.01. The van der Waals surface area contributed by atoms with Crippen LogP contribution < -0.4 is 14.8 Å². The third kappa shape index (κ3) is 3.91. The van der Waals surface area contributed by atoms with Crippen molar-refractivity contribution in [2.24, 2.45) is 0 Å². The van der Waals surface area contributed by atoms with Crippen molar-refractivity contribution in [2.45, 2.75) is 6.42 Å². The molecule has 2 aromatic carbocycles. The molecule has 3 nitrogen and oxygen atoms in total. The van der Waals surface area contributed by atoms with Gasteiger partial charge < -0.3 is 14.8 Å². The molecule has 100 valence electrons. The van der Waals surface area contributed by atoms with Gasteiger partial charge in [-0.2, -0.15) is 0 Å². The third-order valence-corrected chi connectivity index (χ3v) is 2.96. The predicted molar refractivity (Wildman–Crippen MR) is 78.2 cm³/mol. The molecule has 2 aromatic rings. The molecular weight excluding hydrogens is 238 g/mol. The van der Waals surface area contributed by atoms with Crippen molar-refractivity contribution in [2.75, 3.05) is 26.1 Å². The first-order chi connectivity index (χ1) is 9.31. The highest BCUT2D eigenvalue weighted by molar-refractivity contribution is 5.45. The Morgan fingerprint density at radius 2 is 1.53 bits per heavy atom. The largest absolute Gasteiger partial charge is 0.497 e. The lowest BCUT2D eigenvalue weighted by atomic mass is 10.1. The molecule has 0 bridgehead atoms. The Balaban J connectivity index is 1.81. The Labute approximate surface area is 114 Å². The Kier molecular flexibility index (Phi) is 4.67. The fraction of sp³-hybridized carbons (Fsp3) is 0.250. The highest BCUT2D eigenvalue weighted by Crippen LogP contribution is 2.16. The van der Waals surface area contributed by atoms with E-state index in [1.807, 2.05) is 43.4 Å². The van der Waals surface area contributed by atoms with Gasteiger partial charge in [0.15, 0.2) is 0 Å². The smallest absolute Gasteiger partial charge is 0.119 e. The fourth-order valence-corrected chi connectivity index (χ4v) is 1.80. The molecule has 0 radical (unpaired) electrons. The SMILES string of the molecule is CNc1ccc(OCCc2ccc(OC)cc2)cc1. The second-order valence-electron chi connectivity index (χ2n) is 4.22. The number of benzene rings is 2. The molecule has 0 unspecified atom stereocenters. The number of hydrogen-bond acceptors (Lipinski definition) is 3. The van der Waals surface area contributed by atoms with Crippen LogP contribution in [0.25, 0.3) is 0 Å². The minimum atomic E-state index is 0.672.